The molecule has 0 saturated heterocycles. The van der Waals surface area contributed by atoms with E-state index in [-0.39, 0.29) is 6.10 Å². The number of allylic oxidation sites excluding steroid dienone is 1. The van der Waals surface area contributed by atoms with Gasteiger partial charge in [-0.15, -0.1) is 0 Å². The number of aldehydes is 1. The lowest BCUT2D eigenvalue weighted by Gasteiger charge is -2.13. The molecule has 0 aromatic carbocycles. The molecule has 0 amide bonds. The third kappa shape index (κ3) is 3.67. The Balaban J connectivity index is 4.14. The van der Waals surface area contributed by atoms with E-state index in [4.69, 9.17) is 4.74 Å². The van der Waals surface area contributed by atoms with Crippen molar-refractivity contribution in [3.63, 3.8) is 0 Å². The van der Waals surface area contributed by atoms with Crippen molar-refractivity contribution in [3.05, 3.63) is 11.1 Å². The minimum atomic E-state index is 0.250. The smallest absolute Gasteiger partial charge is 0.145 e. The van der Waals surface area contributed by atoms with Gasteiger partial charge >= 0.3 is 0 Å². The van der Waals surface area contributed by atoms with Gasteiger partial charge in [-0.2, -0.15) is 0 Å². The Kier molecular flexibility index (Phi) is 5.64. The highest BCUT2D eigenvalue weighted by Gasteiger charge is 2.06. The van der Waals surface area contributed by atoms with Crippen LogP contribution in [0.25, 0.3) is 0 Å². The lowest BCUT2D eigenvalue weighted by molar-refractivity contribution is -0.104. The van der Waals surface area contributed by atoms with Gasteiger partial charge in [0.25, 0.3) is 0 Å². The van der Waals surface area contributed by atoms with Gasteiger partial charge < -0.3 is 4.74 Å². The van der Waals surface area contributed by atoms with Crippen molar-refractivity contribution in [1.29, 1.82) is 0 Å². The van der Waals surface area contributed by atoms with Crippen molar-refractivity contribution < 1.29 is 9.53 Å². The molecule has 0 heterocycles. The van der Waals surface area contributed by atoms with Crippen LogP contribution in [-0.4, -0.2) is 19.5 Å². The number of ether oxygens (including phenoxy) is 1. The molecule has 0 aliphatic rings. The molecule has 0 bridgehead atoms. The van der Waals surface area contributed by atoms with E-state index in [9.17, 15) is 4.79 Å². The molecule has 1 unspecified atom stereocenters. The molecule has 0 aliphatic heterocycles. The first-order valence-corrected chi connectivity index (χ1v) is 4.30. The van der Waals surface area contributed by atoms with Crippen LogP contribution < -0.4 is 0 Å². The highest BCUT2D eigenvalue weighted by atomic mass is 16.5. The first kappa shape index (κ1) is 11.4. The Hall–Kier alpha value is -0.630. The third-order valence-corrected chi connectivity index (χ3v) is 2.17. The van der Waals surface area contributed by atoms with Gasteiger partial charge in [0, 0.05) is 7.11 Å². The van der Waals surface area contributed by atoms with Gasteiger partial charge in [0.1, 0.15) is 6.29 Å². The lowest BCUT2D eigenvalue weighted by Crippen LogP contribution is -2.09. The molecule has 1 atom stereocenters. The summed E-state index contributed by atoms with van der Waals surface area (Å²) in [5.41, 5.74) is 1.95. The second kappa shape index (κ2) is 5.95. The van der Waals surface area contributed by atoms with Gasteiger partial charge in [0.15, 0.2) is 0 Å². The quantitative estimate of drug-likeness (QED) is 0.467. The first-order chi connectivity index (χ1) is 5.65. The normalized spacial score (nSPS) is 15.3. The maximum Gasteiger partial charge on any atom is 0.145 e. The average Bonchev–Trinajstić information content (AvgIpc) is 2.12. The Morgan fingerprint density at radius 3 is 2.42 bits per heavy atom. The molecule has 2 heteroatoms. The largest absolute Gasteiger partial charge is 0.381 e. The van der Waals surface area contributed by atoms with Crippen molar-refractivity contribution in [3.8, 4) is 0 Å². The number of hydrogen-bond acceptors (Lipinski definition) is 2. The van der Waals surface area contributed by atoms with E-state index in [1.807, 2.05) is 13.8 Å². The van der Waals surface area contributed by atoms with Crippen LogP contribution >= 0.6 is 0 Å². The van der Waals surface area contributed by atoms with Crippen LogP contribution in [0.4, 0.5) is 0 Å². The van der Waals surface area contributed by atoms with Gasteiger partial charge in [-0.1, -0.05) is 12.5 Å². The Labute approximate surface area is 74.6 Å². The number of rotatable bonds is 5. The zero-order valence-corrected chi connectivity index (χ0v) is 8.39. The summed E-state index contributed by atoms with van der Waals surface area (Å²) in [4.78, 5) is 10.4. The molecule has 2 nitrogen and oxygen atoms in total. The topological polar surface area (TPSA) is 26.3 Å². The van der Waals surface area contributed by atoms with Crippen molar-refractivity contribution >= 4 is 6.29 Å². The van der Waals surface area contributed by atoms with Crippen molar-refractivity contribution in [2.75, 3.05) is 7.11 Å². The SMILES string of the molecule is CCC(C/C(C)=C(\C)C=O)OC. The highest BCUT2D eigenvalue weighted by molar-refractivity contribution is 5.73. The van der Waals surface area contributed by atoms with E-state index in [0.29, 0.717) is 0 Å². The molecule has 70 valence electrons. The fraction of sp³-hybridized carbons (Fsp3) is 0.700. The predicted molar refractivity (Wildman–Crippen MR) is 50.1 cm³/mol. The second-order valence-electron chi connectivity index (χ2n) is 3.05. The van der Waals surface area contributed by atoms with E-state index in [1.54, 1.807) is 7.11 Å². The van der Waals surface area contributed by atoms with Crippen LogP contribution in [0.15, 0.2) is 11.1 Å². The summed E-state index contributed by atoms with van der Waals surface area (Å²) in [5.74, 6) is 0. The predicted octanol–water partition coefficient (Wildman–Crippen LogP) is 2.34. The maximum absolute atomic E-state index is 10.4. The summed E-state index contributed by atoms with van der Waals surface area (Å²) in [5, 5.41) is 0. The monoisotopic (exact) mass is 170 g/mol. The summed E-state index contributed by atoms with van der Waals surface area (Å²) >= 11 is 0. The van der Waals surface area contributed by atoms with Crippen LogP contribution in [0.5, 0.6) is 0 Å². The fourth-order valence-electron chi connectivity index (χ4n) is 0.997. The van der Waals surface area contributed by atoms with E-state index in [1.165, 1.54) is 0 Å². The molecule has 0 rings (SSSR count). The zero-order chi connectivity index (χ0) is 9.56. The molecule has 0 radical (unpaired) electrons. The molecule has 12 heavy (non-hydrogen) atoms. The standard InChI is InChI=1S/C10H18O2/c1-5-10(12-4)6-8(2)9(3)7-11/h7,10H,5-6H2,1-4H3/b9-8+. The first-order valence-electron chi connectivity index (χ1n) is 4.30. The molecule has 0 aliphatic carbocycles. The fourth-order valence-corrected chi connectivity index (χ4v) is 0.997. The van der Waals surface area contributed by atoms with Crippen molar-refractivity contribution in [2.24, 2.45) is 0 Å². The van der Waals surface area contributed by atoms with E-state index in [2.05, 4.69) is 6.92 Å². The van der Waals surface area contributed by atoms with Crippen LogP contribution in [-0.2, 0) is 9.53 Å². The van der Waals surface area contributed by atoms with Crippen LogP contribution in [0.1, 0.15) is 33.6 Å². The van der Waals surface area contributed by atoms with Crippen molar-refractivity contribution in [2.45, 2.75) is 39.7 Å². The molecule has 0 aromatic heterocycles. The summed E-state index contributed by atoms with van der Waals surface area (Å²) < 4.78 is 5.21. The Bertz CT molecular complexity index is 167. The van der Waals surface area contributed by atoms with E-state index < -0.39 is 0 Å². The van der Waals surface area contributed by atoms with Gasteiger partial charge in [0.05, 0.1) is 6.10 Å². The molecule has 0 aromatic rings. The molecule has 0 spiro atoms. The molecular formula is C10H18O2. The number of carbonyl (C=O) groups is 1. The summed E-state index contributed by atoms with van der Waals surface area (Å²) in [6, 6.07) is 0. The van der Waals surface area contributed by atoms with E-state index in [0.717, 1.165) is 30.3 Å². The third-order valence-electron chi connectivity index (χ3n) is 2.17. The van der Waals surface area contributed by atoms with Gasteiger partial charge in [0.2, 0.25) is 0 Å². The minimum Gasteiger partial charge on any atom is -0.381 e. The average molecular weight is 170 g/mol. The second-order valence-corrected chi connectivity index (χ2v) is 3.05. The van der Waals surface area contributed by atoms with Crippen LogP contribution in [0.3, 0.4) is 0 Å². The molecule has 0 fully saturated rings. The van der Waals surface area contributed by atoms with Crippen LogP contribution in [0, 0.1) is 0 Å². The lowest BCUT2D eigenvalue weighted by atomic mass is 10.0. The number of hydrogen-bond donors (Lipinski definition) is 0. The maximum atomic E-state index is 10.4. The summed E-state index contributed by atoms with van der Waals surface area (Å²) in [7, 11) is 1.71. The molecule has 0 N–H and O–H groups in total. The molecular weight excluding hydrogens is 152 g/mol. The number of carbonyl (C=O) groups excluding carboxylic acids is 1. The molecule has 0 saturated carbocycles. The van der Waals surface area contributed by atoms with Crippen LogP contribution in [0.2, 0.25) is 0 Å². The summed E-state index contributed by atoms with van der Waals surface area (Å²) in [6.45, 7) is 5.90. The summed E-state index contributed by atoms with van der Waals surface area (Å²) in [6.07, 6.45) is 3.00. The van der Waals surface area contributed by atoms with Gasteiger partial charge in [-0.3, -0.25) is 4.79 Å². The highest BCUT2D eigenvalue weighted by Crippen LogP contribution is 2.13. The Morgan fingerprint density at radius 2 is 2.08 bits per heavy atom. The van der Waals surface area contributed by atoms with Gasteiger partial charge in [-0.25, -0.2) is 0 Å². The zero-order valence-electron chi connectivity index (χ0n) is 8.39. The van der Waals surface area contributed by atoms with Gasteiger partial charge in [-0.05, 0) is 32.3 Å². The van der Waals surface area contributed by atoms with E-state index >= 15 is 0 Å². The Morgan fingerprint density at radius 1 is 1.50 bits per heavy atom. The minimum absolute atomic E-state index is 0.250. The van der Waals surface area contributed by atoms with Crippen molar-refractivity contribution in [1.82, 2.24) is 0 Å². The number of methoxy groups -OCH3 is 1.